The van der Waals surface area contributed by atoms with Crippen molar-refractivity contribution in [1.82, 2.24) is 0 Å². The number of aliphatic hydroxyl groups is 2. The minimum Gasteiger partial charge on any atom is -0.396 e. The van der Waals surface area contributed by atoms with Crippen LogP contribution < -0.4 is 0 Å². The fourth-order valence-electron chi connectivity index (χ4n) is 2.66. The van der Waals surface area contributed by atoms with Gasteiger partial charge in [-0.15, -0.1) is 0 Å². The Hall–Kier alpha value is -0.940. The Morgan fingerprint density at radius 3 is 1.45 bits per heavy atom. The van der Waals surface area contributed by atoms with E-state index in [9.17, 15) is 54.1 Å². The minimum absolute atomic E-state index is 0.0571. The molecule has 230 valence electrons. The number of halogens is 10. The predicted octanol–water partition coefficient (Wildman–Crippen LogP) is 4.86. The first-order chi connectivity index (χ1) is 17.1. The van der Waals surface area contributed by atoms with Crippen LogP contribution in [0.1, 0.15) is 33.6 Å². The largest absolute Gasteiger partial charge is 0.453 e. The lowest BCUT2D eigenvalue weighted by atomic mass is 9.93. The molecule has 16 heteroatoms. The minimum atomic E-state index is -5.69. The van der Waals surface area contributed by atoms with Crippen LogP contribution in [-0.2, 0) is 18.9 Å². The zero-order valence-electron chi connectivity index (χ0n) is 21.4. The molecule has 0 amide bonds. The van der Waals surface area contributed by atoms with E-state index in [1.54, 1.807) is 13.8 Å². The van der Waals surface area contributed by atoms with Gasteiger partial charge >= 0.3 is 24.2 Å². The van der Waals surface area contributed by atoms with Gasteiger partial charge in [0.1, 0.15) is 0 Å². The summed E-state index contributed by atoms with van der Waals surface area (Å²) in [5.41, 5.74) is -1.73. The molecule has 0 aromatic carbocycles. The van der Waals surface area contributed by atoms with Crippen LogP contribution in [0.15, 0.2) is 0 Å². The lowest BCUT2D eigenvalue weighted by Gasteiger charge is -2.30. The third kappa shape index (κ3) is 13.9. The van der Waals surface area contributed by atoms with E-state index in [-0.39, 0.29) is 39.6 Å². The summed E-state index contributed by atoms with van der Waals surface area (Å²) in [6.07, 6.45) is -14.5. The molecule has 0 aromatic rings. The molecule has 2 N–H and O–H groups in total. The molecule has 0 fully saturated rings. The van der Waals surface area contributed by atoms with Crippen molar-refractivity contribution in [3.63, 3.8) is 0 Å². The maximum absolute atomic E-state index is 12.9. The second-order valence-electron chi connectivity index (χ2n) is 10.2. The molecule has 0 bridgehead atoms. The molecule has 38 heavy (non-hydrogen) atoms. The Morgan fingerprint density at radius 1 is 0.579 bits per heavy atom. The van der Waals surface area contributed by atoms with Crippen molar-refractivity contribution in [3.05, 3.63) is 0 Å². The lowest BCUT2D eigenvalue weighted by molar-refractivity contribution is -0.287. The monoisotopic (exact) mass is 586 g/mol. The highest BCUT2D eigenvalue weighted by Crippen LogP contribution is 2.38. The average Bonchev–Trinajstić information content (AvgIpc) is 2.76. The first kappa shape index (κ1) is 37.1. The normalized spacial score (nSPS) is 16.5. The number of ether oxygens (including phenoxy) is 4. The second-order valence-corrected chi connectivity index (χ2v) is 10.2. The van der Waals surface area contributed by atoms with Gasteiger partial charge in [0.25, 0.3) is 0 Å². The van der Waals surface area contributed by atoms with Crippen molar-refractivity contribution < 1.29 is 73.1 Å². The summed E-state index contributed by atoms with van der Waals surface area (Å²) in [5, 5.41) is 18.9. The molecule has 6 nitrogen and oxygen atoms in total. The van der Waals surface area contributed by atoms with Crippen molar-refractivity contribution in [1.29, 1.82) is 0 Å². The second kappa shape index (κ2) is 15.2. The topological polar surface area (TPSA) is 77.4 Å². The number of hydrogen-bond acceptors (Lipinski definition) is 6. The quantitative estimate of drug-likeness (QED) is 0.157. The zero-order chi connectivity index (χ0) is 29.9. The van der Waals surface area contributed by atoms with Gasteiger partial charge in [-0.3, -0.25) is 0 Å². The van der Waals surface area contributed by atoms with Gasteiger partial charge < -0.3 is 29.2 Å². The molecule has 0 aliphatic rings. The van der Waals surface area contributed by atoms with Crippen LogP contribution >= 0.6 is 0 Å². The van der Waals surface area contributed by atoms with Crippen LogP contribution in [0, 0.1) is 16.7 Å². The molecule has 0 aromatic heterocycles. The van der Waals surface area contributed by atoms with Crippen LogP contribution in [0.4, 0.5) is 43.9 Å². The van der Waals surface area contributed by atoms with Crippen LogP contribution in [0.5, 0.6) is 0 Å². The van der Waals surface area contributed by atoms with Crippen LogP contribution in [0.3, 0.4) is 0 Å². The van der Waals surface area contributed by atoms with Crippen LogP contribution in [0.2, 0.25) is 0 Å². The van der Waals surface area contributed by atoms with E-state index in [0.717, 1.165) is 0 Å². The molecule has 0 saturated carbocycles. The van der Waals surface area contributed by atoms with Crippen molar-refractivity contribution in [2.45, 2.75) is 57.8 Å². The summed E-state index contributed by atoms with van der Waals surface area (Å²) in [7, 11) is 0. The third-order valence-electron chi connectivity index (χ3n) is 5.18. The molecule has 2 unspecified atom stereocenters. The fraction of sp³-hybridized carbons (Fsp3) is 1.00. The fourth-order valence-corrected chi connectivity index (χ4v) is 2.66. The van der Waals surface area contributed by atoms with Crippen LogP contribution in [-0.4, -0.2) is 100 Å². The average molecular weight is 587 g/mol. The van der Waals surface area contributed by atoms with Gasteiger partial charge in [-0.1, -0.05) is 20.8 Å². The van der Waals surface area contributed by atoms with E-state index in [0.29, 0.717) is 0 Å². The van der Waals surface area contributed by atoms with Gasteiger partial charge in [0.2, 0.25) is 0 Å². The first-order valence-electron chi connectivity index (χ1n) is 11.5. The molecule has 0 heterocycles. The van der Waals surface area contributed by atoms with Crippen LogP contribution in [0.25, 0.3) is 0 Å². The van der Waals surface area contributed by atoms with Gasteiger partial charge in [0, 0.05) is 29.6 Å². The van der Waals surface area contributed by atoms with E-state index in [1.165, 1.54) is 6.92 Å². The van der Waals surface area contributed by atoms with Gasteiger partial charge in [-0.25, -0.2) is 0 Å². The maximum atomic E-state index is 12.9. The Bertz CT molecular complexity index is 658. The number of hydrogen-bond donors (Lipinski definition) is 2. The Balaban J connectivity index is 4.36. The summed E-state index contributed by atoms with van der Waals surface area (Å²) in [6.45, 7) is 1.42. The Labute approximate surface area is 214 Å². The number of rotatable bonds is 20. The predicted molar refractivity (Wildman–Crippen MR) is 114 cm³/mol. The summed E-state index contributed by atoms with van der Waals surface area (Å²) < 4.78 is 145. The zero-order valence-corrected chi connectivity index (χ0v) is 21.4. The van der Waals surface area contributed by atoms with Gasteiger partial charge in [0.15, 0.2) is 0 Å². The third-order valence-corrected chi connectivity index (χ3v) is 5.18. The summed E-state index contributed by atoms with van der Waals surface area (Å²) >= 11 is 0. The maximum Gasteiger partial charge on any atom is 0.453 e. The molecule has 0 spiro atoms. The molecule has 0 rings (SSSR count). The summed E-state index contributed by atoms with van der Waals surface area (Å²) in [5.74, 6) is -10.5. The van der Waals surface area contributed by atoms with Crippen molar-refractivity contribution >= 4 is 0 Å². The molecule has 0 aliphatic carbocycles. The SMILES string of the molecule is CC(C)(COCC(CO)COCCC(F)(F)C(F)(F)F)COCC(C)(CO)COCCC(F)(F)C(F)(F)F. The van der Waals surface area contributed by atoms with Crippen molar-refractivity contribution in [3.8, 4) is 0 Å². The molecular weight excluding hydrogens is 550 g/mol. The number of aliphatic hydroxyl groups excluding tert-OH is 2. The molecular formula is C22H36F10O6. The number of alkyl halides is 10. The smallest absolute Gasteiger partial charge is 0.396 e. The molecule has 0 saturated heterocycles. The van der Waals surface area contributed by atoms with Gasteiger partial charge in [0.05, 0.1) is 66.1 Å². The lowest BCUT2D eigenvalue weighted by Crippen LogP contribution is -2.39. The van der Waals surface area contributed by atoms with E-state index in [1.807, 2.05) is 0 Å². The van der Waals surface area contributed by atoms with E-state index in [2.05, 4.69) is 0 Å². The summed E-state index contributed by atoms with van der Waals surface area (Å²) in [6, 6.07) is 0. The highest BCUT2D eigenvalue weighted by atomic mass is 19.4. The standard InChI is InChI=1S/C22H36F10O6/c1-17(2,12-37-10-16(8-33)9-35-6-4-19(23,24)21(27,28)29)13-38-15-18(3,11-34)14-36-7-5-20(25,26)22(30,31)32/h16,33-34H,4-15H2,1-3H3. The Kier molecular flexibility index (Phi) is 14.8. The van der Waals surface area contributed by atoms with E-state index >= 15 is 0 Å². The first-order valence-corrected chi connectivity index (χ1v) is 11.5. The Morgan fingerprint density at radius 2 is 1.00 bits per heavy atom. The van der Waals surface area contributed by atoms with E-state index < -0.39 is 80.2 Å². The summed E-state index contributed by atoms with van der Waals surface area (Å²) in [4.78, 5) is 0. The molecule has 0 aliphatic heterocycles. The van der Waals surface area contributed by atoms with Gasteiger partial charge in [-0.05, 0) is 0 Å². The van der Waals surface area contributed by atoms with Crippen molar-refractivity contribution in [2.75, 3.05) is 66.1 Å². The molecule has 2 atom stereocenters. The van der Waals surface area contributed by atoms with Gasteiger partial charge in [-0.2, -0.15) is 43.9 Å². The highest BCUT2D eigenvalue weighted by molar-refractivity contribution is 4.78. The van der Waals surface area contributed by atoms with Crippen molar-refractivity contribution in [2.24, 2.45) is 16.7 Å². The van der Waals surface area contributed by atoms with E-state index in [4.69, 9.17) is 18.9 Å². The highest BCUT2D eigenvalue weighted by Gasteiger charge is 2.57. The molecule has 0 radical (unpaired) electrons.